The molecule has 0 radical (unpaired) electrons. The molecular weight excluding hydrogens is 322 g/mol. The zero-order chi connectivity index (χ0) is 18.6. The van der Waals surface area contributed by atoms with Gasteiger partial charge in [-0.2, -0.15) is 0 Å². The third kappa shape index (κ3) is 4.53. The first kappa shape index (κ1) is 18.4. The number of nitrogens with one attached hydrogen (secondary N) is 2. The summed E-state index contributed by atoms with van der Waals surface area (Å²) in [6, 6.07) is 6.74. The van der Waals surface area contributed by atoms with Gasteiger partial charge >= 0.3 is 12.0 Å². The van der Waals surface area contributed by atoms with Crippen LogP contribution in [-0.2, 0) is 9.53 Å². The van der Waals surface area contributed by atoms with Crippen LogP contribution in [0.25, 0.3) is 10.9 Å². The number of rotatable bonds is 4. The summed E-state index contributed by atoms with van der Waals surface area (Å²) in [7, 11) is 0. The van der Waals surface area contributed by atoms with Gasteiger partial charge in [-0.05, 0) is 39.3 Å². The van der Waals surface area contributed by atoms with Gasteiger partial charge in [-0.1, -0.05) is 18.2 Å². The number of ether oxygens (including phenoxy) is 1. The summed E-state index contributed by atoms with van der Waals surface area (Å²) in [6.45, 7) is 6.51. The summed E-state index contributed by atoms with van der Waals surface area (Å²) < 4.78 is 5.04. The first-order valence-corrected chi connectivity index (χ1v) is 7.93. The normalized spacial score (nSPS) is 10.6. The Morgan fingerprint density at radius 2 is 1.84 bits per heavy atom. The predicted molar refractivity (Wildman–Crippen MR) is 93.3 cm³/mol. The molecule has 3 amide bonds. The van der Waals surface area contributed by atoms with Crippen LogP contribution in [0.4, 0.5) is 4.79 Å². The van der Waals surface area contributed by atoms with Crippen molar-refractivity contribution in [3.8, 4) is 0 Å². The molecule has 1 aromatic heterocycles. The van der Waals surface area contributed by atoms with Crippen molar-refractivity contribution < 1.29 is 19.1 Å². The summed E-state index contributed by atoms with van der Waals surface area (Å²) in [6.07, 6.45) is 0. The standard InChI is InChI=1S/C18H21N3O4/c1-10(2)19-18(24)21-15(22)9-25-17(23)16-11(3)13-7-5-6-8-14(13)20-12(16)4/h5-8,10H,9H2,1-4H3,(H2,19,21,22,24). The number of hydrogen-bond acceptors (Lipinski definition) is 5. The molecule has 7 nitrogen and oxygen atoms in total. The zero-order valence-electron chi connectivity index (χ0n) is 14.7. The van der Waals surface area contributed by atoms with E-state index >= 15 is 0 Å². The van der Waals surface area contributed by atoms with Crippen molar-refractivity contribution in [2.75, 3.05) is 6.61 Å². The second-order valence-electron chi connectivity index (χ2n) is 5.97. The maximum atomic E-state index is 12.4. The van der Waals surface area contributed by atoms with E-state index in [1.54, 1.807) is 20.8 Å². The monoisotopic (exact) mass is 343 g/mol. The lowest BCUT2D eigenvalue weighted by Gasteiger charge is -2.12. The Kier molecular flexibility index (Phi) is 5.69. The third-order valence-electron chi connectivity index (χ3n) is 3.54. The molecule has 0 spiro atoms. The fourth-order valence-electron chi connectivity index (χ4n) is 2.50. The number of nitrogens with zero attached hydrogens (tertiary/aromatic N) is 1. The average molecular weight is 343 g/mol. The molecular formula is C18H21N3O4. The molecule has 0 fully saturated rings. The summed E-state index contributed by atoms with van der Waals surface area (Å²) in [5.74, 6) is -1.34. The maximum absolute atomic E-state index is 12.4. The molecule has 0 atom stereocenters. The summed E-state index contributed by atoms with van der Waals surface area (Å²) in [4.78, 5) is 39.9. The minimum Gasteiger partial charge on any atom is -0.452 e. The smallest absolute Gasteiger partial charge is 0.340 e. The molecule has 0 bridgehead atoms. The van der Waals surface area contributed by atoms with Gasteiger partial charge in [0, 0.05) is 11.4 Å². The highest BCUT2D eigenvalue weighted by atomic mass is 16.5. The van der Waals surface area contributed by atoms with Gasteiger partial charge in [0.25, 0.3) is 5.91 Å². The minimum absolute atomic E-state index is 0.107. The van der Waals surface area contributed by atoms with E-state index in [9.17, 15) is 14.4 Å². The second-order valence-corrected chi connectivity index (χ2v) is 5.97. The molecule has 2 aromatic rings. The Balaban J connectivity index is 2.07. The van der Waals surface area contributed by atoms with Crippen molar-refractivity contribution in [1.29, 1.82) is 0 Å². The summed E-state index contributed by atoms with van der Waals surface area (Å²) >= 11 is 0. The minimum atomic E-state index is -0.699. The number of hydrogen-bond donors (Lipinski definition) is 2. The van der Waals surface area contributed by atoms with Crippen molar-refractivity contribution in [3.63, 3.8) is 0 Å². The third-order valence-corrected chi connectivity index (χ3v) is 3.54. The molecule has 0 saturated carbocycles. The molecule has 1 aromatic carbocycles. The van der Waals surface area contributed by atoms with E-state index in [4.69, 9.17) is 4.74 Å². The van der Waals surface area contributed by atoms with Crippen molar-refractivity contribution in [1.82, 2.24) is 15.6 Å². The van der Waals surface area contributed by atoms with Crippen molar-refractivity contribution in [2.24, 2.45) is 0 Å². The second kappa shape index (κ2) is 7.74. The van der Waals surface area contributed by atoms with Crippen LogP contribution in [0.3, 0.4) is 0 Å². The van der Waals surface area contributed by atoms with Gasteiger partial charge in [0.05, 0.1) is 16.8 Å². The molecule has 0 aliphatic rings. The van der Waals surface area contributed by atoms with Crippen LogP contribution < -0.4 is 10.6 Å². The number of carbonyl (C=O) groups excluding carboxylic acids is 3. The van der Waals surface area contributed by atoms with Crippen molar-refractivity contribution >= 4 is 28.8 Å². The number of aromatic nitrogens is 1. The molecule has 132 valence electrons. The van der Waals surface area contributed by atoms with Gasteiger partial charge in [-0.25, -0.2) is 9.59 Å². The largest absolute Gasteiger partial charge is 0.452 e. The zero-order valence-corrected chi connectivity index (χ0v) is 14.7. The van der Waals surface area contributed by atoms with Gasteiger partial charge in [0.1, 0.15) is 0 Å². The average Bonchev–Trinajstić information content (AvgIpc) is 2.52. The number of benzene rings is 1. The number of fused-ring (bicyclic) bond motifs is 1. The first-order valence-electron chi connectivity index (χ1n) is 7.93. The highest BCUT2D eigenvalue weighted by molar-refractivity contribution is 6.00. The number of aryl methyl sites for hydroxylation is 2. The van der Waals surface area contributed by atoms with Crippen LogP contribution >= 0.6 is 0 Å². The number of amides is 3. The lowest BCUT2D eigenvalue weighted by atomic mass is 10.0. The number of esters is 1. The van der Waals surface area contributed by atoms with Crippen LogP contribution in [0.1, 0.15) is 35.5 Å². The predicted octanol–water partition coefficient (Wildman–Crippen LogP) is 2.24. The van der Waals surface area contributed by atoms with Gasteiger partial charge in [0.2, 0.25) is 0 Å². The van der Waals surface area contributed by atoms with Crippen LogP contribution in [0.15, 0.2) is 24.3 Å². The Labute approximate surface area is 145 Å². The van der Waals surface area contributed by atoms with E-state index in [1.165, 1.54) is 0 Å². The number of carbonyl (C=O) groups is 3. The lowest BCUT2D eigenvalue weighted by molar-refractivity contribution is -0.123. The molecule has 0 unspecified atom stereocenters. The molecule has 7 heteroatoms. The van der Waals surface area contributed by atoms with Gasteiger partial charge in [0.15, 0.2) is 6.61 Å². The fraction of sp³-hybridized carbons (Fsp3) is 0.333. The van der Waals surface area contributed by atoms with E-state index in [-0.39, 0.29) is 6.04 Å². The lowest BCUT2D eigenvalue weighted by Crippen LogP contribution is -2.44. The summed E-state index contributed by atoms with van der Waals surface area (Å²) in [5.41, 5.74) is 2.39. The van der Waals surface area contributed by atoms with E-state index in [1.807, 2.05) is 31.2 Å². The van der Waals surface area contributed by atoms with Crippen LogP contribution in [0, 0.1) is 13.8 Å². The van der Waals surface area contributed by atoms with E-state index in [2.05, 4.69) is 15.6 Å². The van der Waals surface area contributed by atoms with Gasteiger partial charge in [-0.15, -0.1) is 0 Å². The Morgan fingerprint density at radius 3 is 2.52 bits per heavy atom. The number of para-hydroxylation sites is 1. The molecule has 25 heavy (non-hydrogen) atoms. The molecule has 0 aliphatic heterocycles. The quantitative estimate of drug-likeness (QED) is 0.830. The number of urea groups is 1. The fourth-order valence-corrected chi connectivity index (χ4v) is 2.50. The maximum Gasteiger partial charge on any atom is 0.340 e. The first-order chi connectivity index (χ1) is 11.8. The SMILES string of the molecule is Cc1nc2ccccc2c(C)c1C(=O)OCC(=O)NC(=O)NC(C)C. The molecule has 0 aliphatic carbocycles. The number of pyridine rings is 1. The molecule has 1 heterocycles. The molecule has 2 N–H and O–H groups in total. The van der Waals surface area contributed by atoms with E-state index in [0.717, 1.165) is 16.5 Å². The van der Waals surface area contributed by atoms with Gasteiger partial charge in [-0.3, -0.25) is 15.1 Å². The highest BCUT2D eigenvalue weighted by Gasteiger charge is 2.19. The van der Waals surface area contributed by atoms with Gasteiger partial charge < -0.3 is 10.1 Å². The Morgan fingerprint density at radius 1 is 1.16 bits per heavy atom. The van der Waals surface area contributed by atoms with Crippen LogP contribution in [0.5, 0.6) is 0 Å². The van der Waals surface area contributed by atoms with E-state index in [0.29, 0.717) is 11.3 Å². The number of imide groups is 1. The molecule has 0 saturated heterocycles. The topological polar surface area (TPSA) is 97.4 Å². The molecule has 2 rings (SSSR count). The van der Waals surface area contributed by atoms with Crippen molar-refractivity contribution in [2.45, 2.75) is 33.7 Å². The summed E-state index contributed by atoms with van der Waals surface area (Å²) in [5, 5.41) is 5.45. The Hall–Kier alpha value is -2.96. The highest BCUT2D eigenvalue weighted by Crippen LogP contribution is 2.23. The Bertz CT molecular complexity index is 830. The van der Waals surface area contributed by atoms with Crippen LogP contribution in [-0.4, -0.2) is 35.5 Å². The van der Waals surface area contributed by atoms with Crippen molar-refractivity contribution in [3.05, 3.63) is 41.1 Å². The van der Waals surface area contributed by atoms with Crippen LogP contribution in [0.2, 0.25) is 0 Å². The van der Waals surface area contributed by atoms with E-state index < -0.39 is 24.5 Å².